The highest BCUT2D eigenvalue weighted by atomic mass is 16.6. The van der Waals surface area contributed by atoms with Crippen LogP contribution in [0.1, 0.15) is 5.56 Å². The Morgan fingerprint density at radius 3 is 2.82 bits per heavy atom. The van der Waals surface area contributed by atoms with Gasteiger partial charge in [0.1, 0.15) is 6.20 Å². The van der Waals surface area contributed by atoms with Crippen LogP contribution < -0.4 is 0 Å². The number of nitro groups is 1. The van der Waals surface area contributed by atoms with Crippen molar-refractivity contribution in [3.63, 3.8) is 0 Å². The van der Waals surface area contributed by atoms with Crippen LogP contribution in [0, 0.1) is 10.1 Å². The van der Waals surface area contributed by atoms with Gasteiger partial charge in [0.2, 0.25) is 0 Å². The summed E-state index contributed by atoms with van der Waals surface area (Å²) in [5.41, 5.74) is 1.85. The van der Waals surface area contributed by atoms with Crippen molar-refractivity contribution in [1.29, 1.82) is 0 Å². The zero-order valence-corrected chi connectivity index (χ0v) is 9.20. The first-order chi connectivity index (χ1) is 8.11. The molecule has 2 aromatic rings. The molecule has 0 aliphatic rings. The van der Waals surface area contributed by atoms with Gasteiger partial charge in [0.15, 0.2) is 0 Å². The normalized spacial score (nSPS) is 10.2. The Hall–Kier alpha value is -2.50. The van der Waals surface area contributed by atoms with Crippen molar-refractivity contribution in [2.75, 3.05) is 0 Å². The van der Waals surface area contributed by atoms with Crippen molar-refractivity contribution in [3.05, 3.63) is 46.9 Å². The molecule has 0 saturated carbocycles. The van der Waals surface area contributed by atoms with E-state index < -0.39 is 4.92 Å². The fraction of sp³-hybridized carbons (Fsp3) is 0.0909. The topological polar surface area (TPSA) is 73.8 Å². The zero-order valence-electron chi connectivity index (χ0n) is 9.20. The summed E-state index contributed by atoms with van der Waals surface area (Å²) in [7, 11) is 1.79. The molecule has 17 heavy (non-hydrogen) atoms. The fourth-order valence-corrected chi connectivity index (χ4v) is 1.49. The minimum absolute atomic E-state index is 0.0485. The van der Waals surface area contributed by atoms with E-state index in [0.29, 0.717) is 11.3 Å². The molecule has 0 spiro atoms. The molecule has 86 valence electrons. The molecule has 0 fully saturated rings. The highest BCUT2D eigenvalue weighted by Gasteiger charge is 2.13. The second-order valence-electron chi connectivity index (χ2n) is 3.49. The molecule has 0 aliphatic carbocycles. The van der Waals surface area contributed by atoms with Gasteiger partial charge >= 0.3 is 0 Å². The SMILES string of the molecule is C=Cc1cc(-c2cnn(C)c2)ncc1[N+](=O)[O-]. The van der Waals surface area contributed by atoms with Crippen molar-refractivity contribution in [2.45, 2.75) is 0 Å². The number of rotatable bonds is 3. The van der Waals surface area contributed by atoms with Crippen LogP contribution in [-0.4, -0.2) is 19.7 Å². The number of pyridine rings is 1. The number of aryl methyl sites for hydroxylation is 1. The average Bonchev–Trinajstić information content (AvgIpc) is 2.75. The standard InChI is InChI=1S/C11H10N4O2/c1-3-8-4-10(9-5-13-14(2)7-9)12-6-11(8)15(16)17/h3-7H,1H2,2H3. The molecule has 0 atom stereocenters. The van der Waals surface area contributed by atoms with Gasteiger partial charge in [-0.15, -0.1) is 0 Å². The summed E-state index contributed by atoms with van der Waals surface area (Å²) in [5.74, 6) is 0. The first-order valence-corrected chi connectivity index (χ1v) is 4.87. The van der Waals surface area contributed by atoms with Crippen LogP contribution in [0.25, 0.3) is 17.3 Å². The van der Waals surface area contributed by atoms with Gasteiger partial charge in [-0.25, -0.2) is 4.98 Å². The summed E-state index contributed by atoms with van der Waals surface area (Å²) in [6.45, 7) is 3.56. The average molecular weight is 230 g/mol. The smallest absolute Gasteiger partial charge is 0.275 e. The van der Waals surface area contributed by atoms with E-state index in [0.717, 1.165) is 5.56 Å². The number of hydrogen-bond donors (Lipinski definition) is 0. The van der Waals surface area contributed by atoms with Crippen molar-refractivity contribution in [2.24, 2.45) is 7.05 Å². The van der Waals surface area contributed by atoms with Crippen LogP contribution in [0.2, 0.25) is 0 Å². The fourth-order valence-electron chi connectivity index (χ4n) is 1.49. The summed E-state index contributed by atoms with van der Waals surface area (Å²) in [6.07, 6.45) is 6.13. The Morgan fingerprint density at radius 2 is 2.29 bits per heavy atom. The van der Waals surface area contributed by atoms with Crippen molar-refractivity contribution >= 4 is 11.8 Å². The van der Waals surface area contributed by atoms with E-state index in [1.165, 1.54) is 12.3 Å². The Bertz CT molecular complexity index is 589. The monoisotopic (exact) mass is 230 g/mol. The zero-order chi connectivity index (χ0) is 12.4. The van der Waals surface area contributed by atoms with E-state index in [1.807, 2.05) is 0 Å². The minimum Gasteiger partial charge on any atom is -0.275 e. The molecule has 0 aromatic carbocycles. The van der Waals surface area contributed by atoms with Crippen molar-refractivity contribution in [3.8, 4) is 11.3 Å². The van der Waals surface area contributed by atoms with Crippen LogP contribution in [0.4, 0.5) is 5.69 Å². The van der Waals surface area contributed by atoms with Gasteiger partial charge < -0.3 is 0 Å². The summed E-state index contributed by atoms with van der Waals surface area (Å²) >= 11 is 0. The molecule has 6 heteroatoms. The molecule has 0 unspecified atom stereocenters. The maximum absolute atomic E-state index is 10.7. The molecule has 0 N–H and O–H groups in total. The van der Waals surface area contributed by atoms with Crippen LogP contribution in [0.3, 0.4) is 0 Å². The summed E-state index contributed by atoms with van der Waals surface area (Å²) in [6, 6.07) is 1.63. The van der Waals surface area contributed by atoms with E-state index >= 15 is 0 Å². The quantitative estimate of drug-likeness (QED) is 0.597. The Balaban J connectivity index is 2.52. The Morgan fingerprint density at radius 1 is 1.53 bits per heavy atom. The molecule has 0 bridgehead atoms. The maximum Gasteiger partial charge on any atom is 0.294 e. The van der Waals surface area contributed by atoms with Gasteiger partial charge in [-0.2, -0.15) is 5.10 Å². The molecule has 6 nitrogen and oxygen atoms in total. The second-order valence-corrected chi connectivity index (χ2v) is 3.49. The van der Waals surface area contributed by atoms with Gasteiger partial charge in [-0.1, -0.05) is 12.7 Å². The Kier molecular flexibility index (Phi) is 2.70. The summed E-state index contributed by atoms with van der Waals surface area (Å²) < 4.78 is 1.64. The lowest BCUT2D eigenvalue weighted by atomic mass is 10.1. The molecular formula is C11H10N4O2. The third kappa shape index (κ3) is 2.05. The second kappa shape index (κ2) is 4.17. The van der Waals surface area contributed by atoms with Crippen LogP contribution in [0.15, 0.2) is 31.2 Å². The van der Waals surface area contributed by atoms with E-state index in [1.54, 1.807) is 30.2 Å². The lowest BCUT2D eigenvalue weighted by Crippen LogP contribution is -1.94. The third-order valence-corrected chi connectivity index (χ3v) is 2.33. The van der Waals surface area contributed by atoms with E-state index in [9.17, 15) is 10.1 Å². The number of aromatic nitrogens is 3. The van der Waals surface area contributed by atoms with Gasteiger partial charge in [-0.05, 0) is 6.07 Å². The molecule has 0 amide bonds. The lowest BCUT2D eigenvalue weighted by Gasteiger charge is -2.00. The first kappa shape index (κ1) is 11.0. The predicted octanol–water partition coefficient (Wildman–Crippen LogP) is 2.03. The van der Waals surface area contributed by atoms with Gasteiger partial charge in [0, 0.05) is 18.8 Å². The van der Waals surface area contributed by atoms with Crippen LogP contribution >= 0.6 is 0 Å². The van der Waals surface area contributed by atoms with Gasteiger partial charge in [0.25, 0.3) is 5.69 Å². The molecule has 2 heterocycles. The highest BCUT2D eigenvalue weighted by molar-refractivity contribution is 5.67. The van der Waals surface area contributed by atoms with Gasteiger partial charge in [-0.3, -0.25) is 14.8 Å². The number of hydrogen-bond acceptors (Lipinski definition) is 4. The highest BCUT2D eigenvalue weighted by Crippen LogP contribution is 2.24. The van der Waals surface area contributed by atoms with E-state index in [-0.39, 0.29) is 5.69 Å². The van der Waals surface area contributed by atoms with Crippen LogP contribution in [0.5, 0.6) is 0 Å². The molecule has 2 rings (SSSR count). The molecule has 0 saturated heterocycles. The minimum atomic E-state index is -0.475. The summed E-state index contributed by atoms with van der Waals surface area (Å²) in [5, 5.41) is 14.8. The molecule has 2 aromatic heterocycles. The van der Waals surface area contributed by atoms with Crippen LogP contribution in [-0.2, 0) is 7.05 Å². The molecule has 0 aliphatic heterocycles. The molecule has 0 radical (unpaired) electrons. The van der Waals surface area contributed by atoms with Crippen molar-refractivity contribution in [1.82, 2.24) is 14.8 Å². The molecular weight excluding hydrogens is 220 g/mol. The van der Waals surface area contributed by atoms with E-state index in [4.69, 9.17) is 0 Å². The third-order valence-electron chi connectivity index (χ3n) is 2.33. The maximum atomic E-state index is 10.7. The number of nitrogens with zero attached hydrogens (tertiary/aromatic N) is 4. The summed E-state index contributed by atoms with van der Waals surface area (Å²) in [4.78, 5) is 14.3. The first-order valence-electron chi connectivity index (χ1n) is 4.87. The largest absolute Gasteiger partial charge is 0.294 e. The Labute approximate surface area is 97.4 Å². The lowest BCUT2D eigenvalue weighted by molar-refractivity contribution is -0.385. The van der Waals surface area contributed by atoms with Gasteiger partial charge in [0.05, 0.1) is 22.4 Å². The van der Waals surface area contributed by atoms with Crippen molar-refractivity contribution < 1.29 is 4.92 Å². The predicted molar refractivity (Wildman–Crippen MR) is 63.2 cm³/mol. The van der Waals surface area contributed by atoms with E-state index in [2.05, 4.69) is 16.7 Å².